The van der Waals surface area contributed by atoms with Crippen LogP contribution in [0.1, 0.15) is 0 Å². The summed E-state index contributed by atoms with van der Waals surface area (Å²) in [5, 5.41) is 13.4. The summed E-state index contributed by atoms with van der Waals surface area (Å²) in [6.07, 6.45) is 2.11. The normalized spacial score (nSPS) is 11.1. The number of aromatic nitrogens is 2. The number of nitro benzene ring substituents is 1. The fraction of sp³-hybridized carbons (Fsp3) is 0.0909. The Kier molecular flexibility index (Phi) is 3.72. The van der Waals surface area contributed by atoms with Gasteiger partial charge >= 0.3 is 0 Å². The number of sulfone groups is 1. The average Bonchev–Trinajstić information content (AvgIpc) is 2.40. The van der Waals surface area contributed by atoms with Crippen LogP contribution in [0.15, 0.2) is 35.6 Å². The Morgan fingerprint density at radius 3 is 2.62 bits per heavy atom. The Labute approximate surface area is 119 Å². The van der Waals surface area contributed by atoms with E-state index >= 15 is 0 Å². The van der Waals surface area contributed by atoms with Crippen molar-refractivity contribution < 1.29 is 13.3 Å². The Morgan fingerprint density at radius 2 is 2.00 bits per heavy atom. The number of anilines is 3. The lowest BCUT2D eigenvalue weighted by Crippen LogP contribution is -2.03. The molecule has 0 saturated heterocycles. The van der Waals surface area contributed by atoms with Crippen molar-refractivity contribution in [2.75, 3.05) is 17.3 Å². The molecule has 3 N–H and O–H groups in total. The summed E-state index contributed by atoms with van der Waals surface area (Å²) < 4.78 is 22.8. The fourth-order valence-corrected chi connectivity index (χ4v) is 2.10. The molecule has 2 rings (SSSR count). The fourth-order valence-electron chi connectivity index (χ4n) is 1.54. The molecule has 0 aliphatic heterocycles. The van der Waals surface area contributed by atoms with Gasteiger partial charge in [-0.15, -0.1) is 0 Å². The van der Waals surface area contributed by atoms with Gasteiger partial charge in [0.25, 0.3) is 5.69 Å². The second-order valence-electron chi connectivity index (χ2n) is 4.17. The summed E-state index contributed by atoms with van der Waals surface area (Å²) in [7, 11) is -3.47. The first-order valence-electron chi connectivity index (χ1n) is 5.60. The maximum absolute atomic E-state index is 11.4. The molecule has 0 unspecified atom stereocenters. The number of benzene rings is 1. The van der Waals surface area contributed by atoms with Crippen molar-refractivity contribution in [3.05, 3.63) is 40.7 Å². The highest BCUT2D eigenvalue weighted by atomic mass is 32.2. The summed E-state index contributed by atoms with van der Waals surface area (Å²) in [4.78, 5) is 17.7. The second-order valence-corrected chi connectivity index (χ2v) is 6.13. The van der Waals surface area contributed by atoms with E-state index in [1.54, 1.807) is 0 Å². The van der Waals surface area contributed by atoms with Crippen molar-refractivity contribution in [2.45, 2.75) is 5.03 Å². The molecule has 1 aromatic heterocycles. The van der Waals surface area contributed by atoms with Crippen molar-refractivity contribution in [1.29, 1.82) is 0 Å². The number of nitrogens with one attached hydrogen (secondary N) is 1. The van der Waals surface area contributed by atoms with Crippen molar-refractivity contribution in [3.8, 4) is 0 Å². The predicted molar refractivity (Wildman–Crippen MR) is 75.9 cm³/mol. The van der Waals surface area contributed by atoms with E-state index < -0.39 is 14.8 Å². The Hall–Kier alpha value is -2.75. The molecule has 0 bridgehead atoms. The van der Waals surface area contributed by atoms with E-state index in [0.29, 0.717) is 5.69 Å². The SMILES string of the molecule is CS(=O)(=O)c1cc(Nc2ccc(N)c([N+](=O)[O-])c2)ncn1. The average molecular weight is 309 g/mol. The molecule has 0 spiro atoms. The highest BCUT2D eigenvalue weighted by molar-refractivity contribution is 7.90. The van der Waals surface area contributed by atoms with E-state index in [-0.39, 0.29) is 22.2 Å². The van der Waals surface area contributed by atoms with Gasteiger partial charge < -0.3 is 11.1 Å². The highest BCUT2D eigenvalue weighted by Gasteiger charge is 2.13. The Bertz CT molecular complexity index is 806. The van der Waals surface area contributed by atoms with Crippen LogP contribution in [0.5, 0.6) is 0 Å². The molecule has 0 aliphatic carbocycles. The van der Waals surface area contributed by atoms with Crippen LogP contribution in [0.25, 0.3) is 0 Å². The van der Waals surface area contributed by atoms with Gasteiger partial charge in [-0.1, -0.05) is 0 Å². The topological polar surface area (TPSA) is 141 Å². The zero-order valence-corrected chi connectivity index (χ0v) is 11.7. The standard InChI is InChI=1S/C11H11N5O4S/c1-21(19,20)11-5-10(13-6-14-11)15-7-2-3-8(12)9(4-7)16(17)18/h2-6H,12H2,1H3,(H,13,14,15). The zero-order chi connectivity index (χ0) is 15.6. The molecule has 1 aromatic carbocycles. The molecule has 110 valence electrons. The number of hydrogen-bond donors (Lipinski definition) is 2. The zero-order valence-electron chi connectivity index (χ0n) is 10.8. The Balaban J connectivity index is 2.35. The number of hydrogen-bond acceptors (Lipinski definition) is 8. The highest BCUT2D eigenvalue weighted by Crippen LogP contribution is 2.26. The first kappa shape index (κ1) is 14.7. The summed E-state index contributed by atoms with van der Waals surface area (Å²) >= 11 is 0. The Morgan fingerprint density at radius 1 is 1.29 bits per heavy atom. The van der Waals surface area contributed by atoms with Crippen LogP contribution in [0.4, 0.5) is 22.9 Å². The van der Waals surface area contributed by atoms with Crippen LogP contribution < -0.4 is 11.1 Å². The lowest BCUT2D eigenvalue weighted by molar-refractivity contribution is -0.383. The van der Waals surface area contributed by atoms with Gasteiger partial charge in [0.2, 0.25) is 0 Å². The third-order valence-corrected chi connectivity index (χ3v) is 3.50. The third-order valence-electron chi connectivity index (χ3n) is 2.52. The first-order valence-corrected chi connectivity index (χ1v) is 7.49. The van der Waals surface area contributed by atoms with Crippen LogP contribution in [0.3, 0.4) is 0 Å². The molecule has 9 nitrogen and oxygen atoms in total. The van der Waals surface area contributed by atoms with E-state index in [9.17, 15) is 18.5 Å². The van der Waals surface area contributed by atoms with Crippen LogP contribution in [0, 0.1) is 10.1 Å². The van der Waals surface area contributed by atoms with Crippen LogP contribution in [-0.4, -0.2) is 29.6 Å². The van der Waals surface area contributed by atoms with E-state index in [1.165, 1.54) is 24.3 Å². The van der Waals surface area contributed by atoms with Gasteiger partial charge in [-0.3, -0.25) is 10.1 Å². The van der Waals surface area contributed by atoms with Gasteiger partial charge in [-0.2, -0.15) is 0 Å². The molecule has 0 aliphatic rings. The number of nitrogens with zero attached hydrogens (tertiary/aromatic N) is 3. The molecule has 0 radical (unpaired) electrons. The van der Waals surface area contributed by atoms with Crippen molar-refractivity contribution in [3.63, 3.8) is 0 Å². The lowest BCUT2D eigenvalue weighted by Gasteiger charge is -2.07. The molecular weight excluding hydrogens is 298 g/mol. The smallest absolute Gasteiger partial charge is 0.294 e. The largest absolute Gasteiger partial charge is 0.393 e. The molecular formula is C11H11N5O4S. The minimum atomic E-state index is -3.47. The number of nitro groups is 1. The maximum Gasteiger partial charge on any atom is 0.294 e. The second kappa shape index (κ2) is 5.32. The van der Waals surface area contributed by atoms with Gasteiger partial charge in [0.1, 0.15) is 17.8 Å². The summed E-state index contributed by atoms with van der Waals surface area (Å²) in [6, 6.07) is 5.36. The molecule has 0 amide bonds. The summed E-state index contributed by atoms with van der Waals surface area (Å²) in [5.74, 6) is 0.199. The molecule has 2 aromatic rings. The predicted octanol–water partition coefficient (Wildman–Crippen LogP) is 1.11. The van der Waals surface area contributed by atoms with E-state index in [4.69, 9.17) is 5.73 Å². The van der Waals surface area contributed by atoms with E-state index in [0.717, 1.165) is 12.6 Å². The number of nitrogens with two attached hydrogens (primary N) is 1. The van der Waals surface area contributed by atoms with Gasteiger partial charge in [0.05, 0.1) is 4.92 Å². The molecule has 0 atom stereocenters. The molecule has 1 heterocycles. The van der Waals surface area contributed by atoms with Gasteiger partial charge in [-0.05, 0) is 12.1 Å². The molecule has 21 heavy (non-hydrogen) atoms. The third kappa shape index (κ3) is 3.42. The van der Waals surface area contributed by atoms with Crippen molar-refractivity contribution in [2.24, 2.45) is 0 Å². The van der Waals surface area contributed by atoms with Gasteiger partial charge in [-0.25, -0.2) is 18.4 Å². The van der Waals surface area contributed by atoms with Crippen LogP contribution >= 0.6 is 0 Å². The van der Waals surface area contributed by atoms with Gasteiger partial charge in [0.15, 0.2) is 14.9 Å². The van der Waals surface area contributed by atoms with Gasteiger partial charge in [0, 0.05) is 24.1 Å². The van der Waals surface area contributed by atoms with E-state index in [2.05, 4.69) is 15.3 Å². The monoisotopic (exact) mass is 309 g/mol. The van der Waals surface area contributed by atoms with Crippen LogP contribution in [-0.2, 0) is 9.84 Å². The number of nitrogen functional groups attached to an aromatic ring is 1. The summed E-state index contributed by atoms with van der Waals surface area (Å²) in [6.45, 7) is 0. The van der Waals surface area contributed by atoms with E-state index in [1.807, 2.05) is 0 Å². The van der Waals surface area contributed by atoms with Crippen molar-refractivity contribution in [1.82, 2.24) is 9.97 Å². The molecule has 0 fully saturated rings. The minimum absolute atomic E-state index is 0.0325. The quantitative estimate of drug-likeness (QED) is 0.370. The van der Waals surface area contributed by atoms with Crippen molar-refractivity contribution >= 4 is 32.7 Å². The minimum Gasteiger partial charge on any atom is -0.393 e. The molecule has 0 saturated carbocycles. The maximum atomic E-state index is 11.4. The van der Waals surface area contributed by atoms with Crippen LogP contribution in [0.2, 0.25) is 0 Å². The number of rotatable bonds is 4. The lowest BCUT2D eigenvalue weighted by atomic mass is 10.2. The molecule has 10 heteroatoms. The summed E-state index contributed by atoms with van der Waals surface area (Å²) in [5.41, 5.74) is 5.63. The first-order chi connectivity index (χ1) is 9.77.